The van der Waals surface area contributed by atoms with Gasteiger partial charge in [-0.3, -0.25) is 4.79 Å². The van der Waals surface area contributed by atoms with Gasteiger partial charge >= 0.3 is 12.1 Å². The molecular weight excluding hydrogens is 466 g/mol. The molecule has 0 saturated heterocycles. The van der Waals surface area contributed by atoms with Crippen molar-refractivity contribution >= 4 is 56.6 Å². The second-order valence-corrected chi connectivity index (χ2v) is 8.46. The molecule has 160 valence electrons. The number of halogens is 5. The van der Waals surface area contributed by atoms with Gasteiger partial charge in [-0.1, -0.05) is 47.5 Å². The number of hydrogen-bond donors (Lipinski definition) is 4. The Labute approximate surface area is 181 Å². The molecule has 0 radical (unpaired) electrons. The molecule has 1 amide bonds. The maximum absolute atomic E-state index is 12.5. The van der Waals surface area contributed by atoms with Crippen molar-refractivity contribution in [2.75, 3.05) is 0 Å². The number of carboxylic acids is 1. The van der Waals surface area contributed by atoms with Gasteiger partial charge in [0.1, 0.15) is 10.0 Å². The lowest BCUT2D eigenvalue weighted by atomic mass is 10.1. The first-order valence-electron chi connectivity index (χ1n) is 8.40. The molecule has 3 aromatic rings. The Bertz CT molecular complexity index is 1110. The van der Waals surface area contributed by atoms with Crippen molar-refractivity contribution in [3.8, 4) is 0 Å². The standard InChI is InChI=1S/C16H13Cl2N3OS.C2HF3O2/c17-12-14-11(23-15(12)18)6-10(20-14)16(22)21-9-5-7-3-1-2-4-8(7)13(9)19;3-2(4,5)1(6)7/h1-4,6,9,13,20H,5,19H2,(H,21,22);(H,6,7)/t9-,13-;/m0./s1. The number of nitrogens with two attached hydrogens (primary N) is 1. The summed E-state index contributed by atoms with van der Waals surface area (Å²) in [5, 5.41) is 10.6. The predicted molar refractivity (Wildman–Crippen MR) is 108 cm³/mol. The third-order valence-corrected chi connectivity index (χ3v) is 6.40. The summed E-state index contributed by atoms with van der Waals surface area (Å²) < 4.78 is 33.1. The number of amides is 1. The number of alkyl halides is 3. The van der Waals surface area contributed by atoms with Gasteiger partial charge in [0.2, 0.25) is 0 Å². The normalized spacial score (nSPS) is 17.9. The van der Waals surface area contributed by atoms with E-state index >= 15 is 0 Å². The van der Waals surface area contributed by atoms with Crippen molar-refractivity contribution in [2.24, 2.45) is 5.73 Å². The summed E-state index contributed by atoms with van der Waals surface area (Å²) in [6.45, 7) is 0. The van der Waals surface area contributed by atoms with E-state index in [9.17, 15) is 18.0 Å². The number of carbonyl (C=O) groups excluding carboxylic acids is 1. The lowest BCUT2D eigenvalue weighted by molar-refractivity contribution is -0.192. The first-order chi connectivity index (χ1) is 14.0. The van der Waals surface area contributed by atoms with Crippen LogP contribution in [0.4, 0.5) is 13.2 Å². The van der Waals surface area contributed by atoms with Crippen LogP contribution < -0.4 is 11.1 Å². The maximum atomic E-state index is 12.5. The van der Waals surface area contributed by atoms with Crippen molar-refractivity contribution in [2.45, 2.75) is 24.7 Å². The zero-order valence-electron chi connectivity index (χ0n) is 14.9. The molecule has 2 aromatic heterocycles. The molecule has 0 saturated carbocycles. The predicted octanol–water partition coefficient (Wildman–Crippen LogP) is 4.52. The quantitative estimate of drug-likeness (QED) is 0.433. The smallest absolute Gasteiger partial charge is 0.475 e. The number of carbonyl (C=O) groups is 2. The van der Waals surface area contributed by atoms with E-state index in [-0.39, 0.29) is 18.0 Å². The van der Waals surface area contributed by atoms with Gasteiger partial charge in [-0.05, 0) is 23.6 Å². The second kappa shape index (κ2) is 8.46. The number of aliphatic carboxylic acids is 1. The Kier molecular flexibility index (Phi) is 6.32. The Morgan fingerprint density at radius 3 is 2.47 bits per heavy atom. The summed E-state index contributed by atoms with van der Waals surface area (Å²) in [4.78, 5) is 24.4. The number of benzene rings is 1. The zero-order chi connectivity index (χ0) is 22.2. The van der Waals surface area contributed by atoms with E-state index < -0.39 is 12.1 Å². The monoisotopic (exact) mass is 479 g/mol. The summed E-state index contributed by atoms with van der Waals surface area (Å²) in [7, 11) is 0. The summed E-state index contributed by atoms with van der Waals surface area (Å²) in [6, 6.07) is 9.48. The summed E-state index contributed by atoms with van der Waals surface area (Å²) in [5.41, 5.74) is 9.71. The van der Waals surface area contributed by atoms with Crippen LogP contribution in [0.1, 0.15) is 27.7 Å². The van der Waals surface area contributed by atoms with Gasteiger partial charge in [-0.25, -0.2) is 4.79 Å². The number of nitrogens with one attached hydrogen (secondary N) is 2. The topological polar surface area (TPSA) is 108 Å². The van der Waals surface area contributed by atoms with Gasteiger partial charge in [0.15, 0.2) is 0 Å². The lowest BCUT2D eigenvalue weighted by Gasteiger charge is -2.17. The molecule has 0 fully saturated rings. The Hall–Kier alpha value is -2.27. The van der Waals surface area contributed by atoms with Gasteiger partial charge < -0.3 is 21.1 Å². The summed E-state index contributed by atoms with van der Waals surface area (Å²) in [6.07, 6.45) is -4.34. The van der Waals surface area contributed by atoms with Crippen LogP contribution >= 0.6 is 34.5 Å². The highest BCUT2D eigenvalue weighted by molar-refractivity contribution is 7.23. The number of fused-ring (bicyclic) bond motifs is 2. The average Bonchev–Trinajstić information content (AvgIpc) is 3.30. The molecule has 30 heavy (non-hydrogen) atoms. The van der Waals surface area contributed by atoms with E-state index in [2.05, 4.69) is 10.3 Å². The fourth-order valence-electron chi connectivity index (χ4n) is 3.05. The molecule has 1 aliphatic rings. The molecule has 6 nitrogen and oxygen atoms in total. The van der Waals surface area contributed by atoms with Crippen LogP contribution in [0.15, 0.2) is 30.3 Å². The maximum Gasteiger partial charge on any atom is 0.490 e. The number of carboxylic acid groups (broad SMARTS) is 1. The molecule has 4 rings (SSSR count). The van der Waals surface area contributed by atoms with Gasteiger partial charge in [-0.2, -0.15) is 13.2 Å². The molecule has 12 heteroatoms. The minimum atomic E-state index is -5.08. The van der Waals surface area contributed by atoms with Crippen LogP contribution in [0.3, 0.4) is 0 Å². The molecule has 2 heterocycles. The number of aromatic amines is 1. The van der Waals surface area contributed by atoms with Crippen LogP contribution in [0, 0.1) is 0 Å². The minimum absolute atomic E-state index is 0.111. The highest BCUT2D eigenvalue weighted by Gasteiger charge is 2.38. The van der Waals surface area contributed by atoms with Gasteiger partial charge in [-0.15, -0.1) is 11.3 Å². The van der Waals surface area contributed by atoms with Crippen LogP contribution in [-0.4, -0.2) is 34.2 Å². The first kappa shape index (κ1) is 22.4. The van der Waals surface area contributed by atoms with Gasteiger partial charge in [0.05, 0.1) is 27.3 Å². The number of hydrogen-bond acceptors (Lipinski definition) is 4. The first-order valence-corrected chi connectivity index (χ1v) is 9.97. The molecule has 1 aromatic carbocycles. The number of rotatable bonds is 2. The largest absolute Gasteiger partial charge is 0.490 e. The summed E-state index contributed by atoms with van der Waals surface area (Å²) >= 11 is 13.4. The third kappa shape index (κ3) is 4.56. The fourth-order valence-corrected chi connectivity index (χ4v) is 4.54. The molecule has 0 bridgehead atoms. The van der Waals surface area contributed by atoms with Crippen LogP contribution in [-0.2, 0) is 11.2 Å². The highest BCUT2D eigenvalue weighted by Crippen LogP contribution is 2.39. The number of aromatic nitrogens is 1. The van der Waals surface area contributed by atoms with Crippen molar-refractivity contribution in [1.82, 2.24) is 10.3 Å². The fraction of sp³-hybridized carbons (Fsp3) is 0.222. The molecule has 0 spiro atoms. The third-order valence-electron chi connectivity index (χ3n) is 4.46. The van der Waals surface area contributed by atoms with Crippen molar-refractivity contribution in [1.29, 1.82) is 0 Å². The molecule has 2 atom stereocenters. The van der Waals surface area contributed by atoms with E-state index in [1.165, 1.54) is 16.9 Å². The molecular formula is C18H14Cl2F3N3O3S. The SMILES string of the molecule is N[C@H]1c2ccccc2C[C@@H]1NC(=O)c1cc2sc(Cl)c(Cl)c2[nH]1.O=C(O)C(F)(F)F. The van der Waals surface area contributed by atoms with E-state index in [1.807, 2.05) is 24.3 Å². The Morgan fingerprint density at radius 1 is 1.27 bits per heavy atom. The van der Waals surface area contributed by atoms with Gasteiger partial charge in [0.25, 0.3) is 5.91 Å². The molecule has 0 aliphatic heterocycles. The van der Waals surface area contributed by atoms with Crippen molar-refractivity contribution < 1.29 is 27.9 Å². The Balaban J connectivity index is 0.000000318. The lowest BCUT2D eigenvalue weighted by Crippen LogP contribution is -2.40. The number of H-pyrrole nitrogens is 1. The molecule has 0 unspecified atom stereocenters. The van der Waals surface area contributed by atoms with Crippen LogP contribution in [0.25, 0.3) is 10.2 Å². The second-order valence-electron chi connectivity index (χ2n) is 6.42. The number of thiophene rings is 1. The average molecular weight is 480 g/mol. The van der Waals surface area contributed by atoms with Crippen molar-refractivity contribution in [3.05, 3.63) is 56.5 Å². The highest BCUT2D eigenvalue weighted by atomic mass is 35.5. The Morgan fingerprint density at radius 2 is 1.90 bits per heavy atom. The summed E-state index contributed by atoms with van der Waals surface area (Å²) in [5.74, 6) is -2.94. The van der Waals surface area contributed by atoms with Crippen molar-refractivity contribution in [3.63, 3.8) is 0 Å². The van der Waals surface area contributed by atoms with Gasteiger partial charge in [0, 0.05) is 0 Å². The molecule has 1 aliphatic carbocycles. The van der Waals surface area contributed by atoms with Crippen LogP contribution in [0.2, 0.25) is 9.36 Å². The molecule has 5 N–H and O–H groups in total. The van der Waals surface area contributed by atoms with E-state index in [0.29, 0.717) is 20.6 Å². The van der Waals surface area contributed by atoms with Crippen LogP contribution in [0.5, 0.6) is 0 Å². The van der Waals surface area contributed by atoms with E-state index in [4.69, 9.17) is 38.8 Å². The minimum Gasteiger partial charge on any atom is -0.475 e. The zero-order valence-corrected chi connectivity index (χ0v) is 17.2. The van der Waals surface area contributed by atoms with E-state index in [1.54, 1.807) is 6.07 Å². The van der Waals surface area contributed by atoms with E-state index in [0.717, 1.165) is 16.7 Å².